The van der Waals surface area contributed by atoms with E-state index in [1.807, 2.05) is 26.8 Å². The SMILES string of the molecule is CC(C)(C)c1cc(NC(=O)NCc2cocn2)n(-c2ncccn2)n1. The number of hydrogen-bond acceptors (Lipinski definition) is 6. The number of nitrogens with zero attached hydrogens (tertiary/aromatic N) is 5. The predicted molar refractivity (Wildman–Crippen MR) is 90.2 cm³/mol. The van der Waals surface area contributed by atoms with Gasteiger partial charge in [-0.2, -0.15) is 9.78 Å². The van der Waals surface area contributed by atoms with Crippen molar-refractivity contribution in [2.75, 3.05) is 5.32 Å². The molecule has 2 N–H and O–H groups in total. The highest BCUT2D eigenvalue weighted by atomic mass is 16.3. The van der Waals surface area contributed by atoms with Crippen LogP contribution in [0.5, 0.6) is 0 Å². The fourth-order valence-electron chi connectivity index (χ4n) is 2.05. The molecular weight excluding hydrogens is 322 g/mol. The van der Waals surface area contributed by atoms with Crippen LogP contribution in [-0.2, 0) is 12.0 Å². The molecule has 0 fully saturated rings. The highest BCUT2D eigenvalue weighted by Gasteiger charge is 2.22. The number of amides is 2. The highest BCUT2D eigenvalue weighted by molar-refractivity contribution is 5.88. The Morgan fingerprint density at radius 2 is 2.00 bits per heavy atom. The molecule has 0 radical (unpaired) electrons. The van der Waals surface area contributed by atoms with Gasteiger partial charge in [-0.25, -0.2) is 19.7 Å². The van der Waals surface area contributed by atoms with E-state index in [1.165, 1.54) is 17.3 Å². The summed E-state index contributed by atoms with van der Waals surface area (Å²) in [5.74, 6) is 0.860. The van der Waals surface area contributed by atoms with E-state index in [0.717, 1.165) is 5.69 Å². The molecule has 0 atom stereocenters. The van der Waals surface area contributed by atoms with Crippen molar-refractivity contribution in [3.8, 4) is 5.95 Å². The van der Waals surface area contributed by atoms with Crippen LogP contribution < -0.4 is 10.6 Å². The number of hydrogen-bond donors (Lipinski definition) is 2. The van der Waals surface area contributed by atoms with E-state index in [2.05, 4.69) is 30.7 Å². The number of urea groups is 1. The summed E-state index contributed by atoms with van der Waals surface area (Å²) in [6.07, 6.45) is 6.02. The standard InChI is InChI=1S/C16H19N7O2/c1-16(2,3)12-7-13(23(22-12)14-17-5-4-6-18-14)21-15(24)19-8-11-9-25-10-20-11/h4-7,9-10H,8H2,1-3H3,(H2,19,21,24). The van der Waals surface area contributed by atoms with Gasteiger partial charge in [0.25, 0.3) is 5.95 Å². The fourth-order valence-corrected chi connectivity index (χ4v) is 2.05. The van der Waals surface area contributed by atoms with E-state index < -0.39 is 0 Å². The van der Waals surface area contributed by atoms with E-state index in [1.54, 1.807) is 18.5 Å². The monoisotopic (exact) mass is 341 g/mol. The maximum absolute atomic E-state index is 12.2. The average molecular weight is 341 g/mol. The topological polar surface area (TPSA) is 111 Å². The normalized spacial score (nSPS) is 11.3. The Morgan fingerprint density at radius 1 is 1.24 bits per heavy atom. The van der Waals surface area contributed by atoms with Crippen LogP contribution in [0.4, 0.5) is 10.6 Å². The number of carbonyl (C=O) groups is 1. The summed E-state index contributed by atoms with van der Waals surface area (Å²) in [5.41, 5.74) is 1.25. The third-order valence-corrected chi connectivity index (χ3v) is 3.37. The lowest BCUT2D eigenvalue weighted by Crippen LogP contribution is -2.29. The minimum atomic E-state index is -0.388. The summed E-state index contributed by atoms with van der Waals surface area (Å²) in [6.45, 7) is 6.38. The van der Waals surface area contributed by atoms with Crippen molar-refractivity contribution in [1.29, 1.82) is 0 Å². The van der Waals surface area contributed by atoms with Gasteiger partial charge >= 0.3 is 6.03 Å². The summed E-state index contributed by atoms with van der Waals surface area (Å²) in [5, 5.41) is 10.0. The summed E-state index contributed by atoms with van der Waals surface area (Å²) in [4.78, 5) is 24.5. The largest absolute Gasteiger partial charge is 0.451 e. The van der Waals surface area contributed by atoms with Gasteiger partial charge in [0.1, 0.15) is 12.1 Å². The van der Waals surface area contributed by atoms with E-state index in [-0.39, 0.29) is 18.0 Å². The molecule has 3 aromatic rings. The van der Waals surface area contributed by atoms with Crippen LogP contribution in [0.1, 0.15) is 32.2 Å². The second kappa shape index (κ2) is 6.71. The molecule has 3 rings (SSSR count). The lowest BCUT2D eigenvalue weighted by atomic mass is 9.92. The van der Waals surface area contributed by atoms with Crippen molar-refractivity contribution in [3.05, 3.63) is 48.6 Å². The third-order valence-electron chi connectivity index (χ3n) is 3.37. The van der Waals surface area contributed by atoms with Crippen molar-refractivity contribution < 1.29 is 9.21 Å². The number of anilines is 1. The summed E-state index contributed by atoms with van der Waals surface area (Å²) in [7, 11) is 0. The van der Waals surface area contributed by atoms with Gasteiger partial charge in [0.05, 0.1) is 17.9 Å². The first-order chi connectivity index (χ1) is 11.9. The molecule has 3 aromatic heterocycles. The maximum atomic E-state index is 12.2. The van der Waals surface area contributed by atoms with Gasteiger partial charge in [-0.3, -0.25) is 5.32 Å². The second-order valence-corrected chi connectivity index (χ2v) is 6.41. The van der Waals surface area contributed by atoms with Crippen LogP contribution in [0.3, 0.4) is 0 Å². The van der Waals surface area contributed by atoms with Crippen molar-refractivity contribution >= 4 is 11.8 Å². The van der Waals surface area contributed by atoms with E-state index >= 15 is 0 Å². The molecule has 0 aliphatic heterocycles. The number of carbonyl (C=O) groups excluding carboxylic acids is 1. The Morgan fingerprint density at radius 3 is 2.64 bits per heavy atom. The minimum Gasteiger partial charge on any atom is -0.451 e. The van der Waals surface area contributed by atoms with Crippen LogP contribution in [-0.4, -0.2) is 30.8 Å². The van der Waals surface area contributed by atoms with Crippen LogP contribution in [0.15, 0.2) is 41.6 Å². The quantitative estimate of drug-likeness (QED) is 0.753. The van der Waals surface area contributed by atoms with Gasteiger partial charge in [0, 0.05) is 23.9 Å². The van der Waals surface area contributed by atoms with Gasteiger partial charge in [-0.1, -0.05) is 20.8 Å². The first-order valence-electron chi connectivity index (χ1n) is 7.73. The summed E-state index contributed by atoms with van der Waals surface area (Å²) < 4.78 is 6.38. The zero-order valence-corrected chi connectivity index (χ0v) is 14.2. The smallest absolute Gasteiger partial charge is 0.320 e. The van der Waals surface area contributed by atoms with Crippen molar-refractivity contribution in [1.82, 2.24) is 30.0 Å². The third kappa shape index (κ3) is 4.00. The molecule has 0 saturated carbocycles. The van der Waals surface area contributed by atoms with Crippen LogP contribution >= 0.6 is 0 Å². The number of oxazole rings is 1. The van der Waals surface area contributed by atoms with Gasteiger partial charge < -0.3 is 9.73 Å². The van der Waals surface area contributed by atoms with Gasteiger partial charge in [0.2, 0.25) is 0 Å². The lowest BCUT2D eigenvalue weighted by molar-refractivity contribution is 0.251. The Hall–Kier alpha value is -3.23. The molecule has 0 aliphatic rings. The first-order valence-corrected chi connectivity index (χ1v) is 7.73. The molecule has 9 heteroatoms. The highest BCUT2D eigenvalue weighted by Crippen LogP contribution is 2.25. The second-order valence-electron chi connectivity index (χ2n) is 6.41. The molecule has 130 valence electrons. The van der Waals surface area contributed by atoms with Crippen LogP contribution in [0.2, 0.25) is 0 Å². The Bertz CT molecular complexity index is 835. The average Bonchev–Trinajstić information content (AvgIpc) is 3.23. The molecule has 2 amide bonds. The summed E-state index contributed by atoms with van der Waals surface area (Å²) in [6, 6.07) is 3.14. The zero-order valence-electron chi connectivity index (χ0n) is 14.2. The van der Waals surface area contributed by atoms with Gasteiger partial charge in [-0.05, 0) is 6.07 Å². The molecule has 0 bridgehead atoms. The number of nitrogens with one attached hydrogen (secondary N) is 2. The maximum Gasteiger partial charge on any atom is 0.320 e. The number of rotatable bonds is 4. The predicted octanol–water partition coefficient (Wildman–Crippen LogP) is 2.27. The minimum absolute atomic E-state index is 0.187. The molecule has 0 saturated heterocycles. The van der Waals surface area contributed by atoms with E-state index in [9.17, 15) is 4.79 Å². The van der Waals surface area contributed by atoms with Crippen molar-refractivity contribution in [2.24, 2.45) is 0 Å². The summed E-state index contributed by atoms with van der Waals surface area (Å²) >= 11 is 0. The molecule has 0 spiro atoms. The number of aromatic nitrogens is 5. The Balaban J connectivity index is 1.81. The first kappa shape index (κ1) is 16.6. The van der Waals surface area contributed by atoms with Crippen molar-refractivity contribution in [3.63, 3.8) is 0 Å². The van der Waals surface area contributed by atoms with E-state index in [0.29, 0.717) is 17.5 Å². The van der Waals surface area contributed by atoms with E-state index in [4.69, 9.17) is 4.42 Å². The van der Waals surface area contributed by atoms with Gasteiger partial charge in [0.15, 0.2) is 6.39 Å². The molecule has 0 unspecified atom stereocenters. The molecule has 0 aromatic carbocycles. The van der Waals surface area contributed by atoms with Crippen LogP contribution in [0, 0.1) is 0 Å². The zero-order chi connectivity index (χ0) is 17.9. The van der Waals surface area contributed by atoms with Crippen molar-refractivity contribution in [2.45, 2.75) is 32.7 Å². The molecule has 0 aliphatic carbocycles. The Labute approximate surface area is 144 Å². The van der Waals surface area contributed by atoms with Crippen LogP contribution in [0.25, 0.3) is 5.95 Å². The Kier molecular flexibility index (Phi) is 4.46. The molecule has 25 heavy (non-hydrogen) atoms. The van der Waals surface area contributed by atoms with Gasteiger partial charge in [-0.15, -0.1) is 0 Å². The molecule has 9 nitrogen and oxygen atoms in total. The fraction of sp³-hybridized carbons (Fsp3) is 0.312. The molecular formula is C16H19N7O2. The molecule has 3 heterocycles. The lowest BCUT2D eigenvalue weighted by Gasteiger charge is -2.13.